The van der Waals surface area contributed by atoms with Crippen molar-refractivity contribution in [1.29, 1.82) is 0 Å². The molecule has 5 rings (SSSR count). The average molecular weight is 418 g/mol. The topological polar surface area (TPSA) is 111 Å². The maximum atomic E-state index is 13.3. The van der Waals surface area contributed by atoms with Gasteiger partial charge in [0.2, 0.25) is 5.91 Å². The second kappa shape index (κ2) is 8.04. The molecule has 0 saturated heterocycles. The summed E-state index contributed by atoms with van der Waals surface area (Å²) in [6.07, 6.45) is 6.56. The first-order valence-corrected chi connectivity index (χ1v) is 10.9. The fourth-order valence-electron chi connectivity index (χ4n) is 6.01. The SMILES string of the molecule is Cc1cc(NC(=O)COC(=O)[C@@H](NC(=O)C23CC4CC(CC(C4)C2)C3)C(C)C)no1. The van der Waals surface area contributed by atoms with Crippen LogP contribution in [-0.2, 0) is 19.1 Å². The van der Waals surface area contributed by atoms with Gasteiger partial charge in [-0.05, 0) is 69.1 Å². The van der Waals surface area contributed by atoms with E-state index < -0.39 is 24.5 Å². The van der Waals surface area contributed by atoms with Crippen LogP contribution in [0.4, 0.5) is 5.82 Å². The average Bonchev–Trinajstić information content (AvgIpc) is 3.07. The number of anilines is 1. The molecule has 2 amide bonds. The third-order valence-electron chi connectivity index (χ3n) is 6.97. The molecule has 0 aromatic carbocycles. The molecule has 0 aliphatic heterocycles. The minimum Gasteiger partial charge on any atom is -0.454 e. The van der Waals surface area contributed by atoms with Crippen molar-refractivity contribution < 1.29 is 23.6 Å². The molecule has 8 heteroatoms. The highest BCUT2D eigenvalue weighted by Gasteiger charge is 2.55. The van der Waals surface area contributed by atoms with Gasteiger partial charge >= 0.3 is 5.97 Å². The lowest BCUT2D eigenvalue weighted by molar-refractivity contribution is -0.156. The maximum absolute atomic E-state index is 13.3. The summed E-state index contributed by atoms with van der Waals surface area (Å²) in [5.41, 5.74) is -0.329. The van der Waals surface area contributed by atoms with Crippen molar-refractivity contribution in [2.24, 2.45) is 29.1 Å². The molecule has 30 heavy (non-hydrogen) atoms. The molecule has 4 aliphatic carbocycles. The Labute approximate surface area is 176 Å². The number of hydrogen-bond donors (Lipinski definition) is 2. The van der Waals surface area contributed by atoms with Crippen LogP contribution < -0.4 is 10.6 Å². The minimum absolute atomic E-state index is 0.0141. The van der Waals surface area contributed by atoms with Crippen molar-refractivity contribution >= 4 is 23.6 Å². The predicted octanol–water partition coefficient (Wildman–Crippen LogP) is 2.82. The van der Waals surface area contributed by atoms with Gasteiger partial charge in [0.1, 0.15) is 11.8 Å². The van der Waals surface area contributed by atoms with Gasteiger partial charge in [0, 0.05) is 11.5 Å². The van der Waals surface area contributed by atoms with Crippen LogP contribution in [0.1, 0.15) is 58.1 Å². The molecule has 164 valence electrons. The molecule has 2 N–H and O–H groups in total. The van der Waals surface area contributed by atoms with Gasteiger partial charge < -0.3 is 19.9 Å². The second-order valence-electron chi connectivity index (χ2n) is 9.87. The van der Waals surface area contributed by atoms with Gasteiger partial charge in [-0.15, -0.1) is 0 Å². The van der Waals surface area contributed by atoms with E-state index in [0.29, 0.717) is 23.5 Å². The Kier molecular flexibility index (Phi) is 5.59. The number of carbonyl (C=O) groups is 3. The number of amides is 2. The molecule has 1 heterocycles. The van der Waals surface area contributed by atoms with Crippen LogP contribution in [0.5, 0.6) is 0 Å². The number of hydrogen-bond acceptors (Lipinski definition) is 6. The Bertz CT molecular complexity index is 795. The first-order chi connectivity index (χ1) is 14.2. The minimum atomic E-state index is -0.771. The molecule has 1 aromatic rings. The van der Waals surface area contributed by atoms with E-state index in [1.54, 1.807) is 13.0 Å². The van der Waals surface area contributed by atoms with E-state index in [-0.39, 0.29) is 23.1 Å². The first kappa shape index (κ1) is 20.9. The fourth-order valence-corrected chi connectivity index (χ4v) is 6.01. The summed E-state index contributed by atoms with van der Waals surface area (Å²) >= 11 is 0. The van der Waals surface area contributed by atoms with Gasteiger partial charge in [-0.3, -0.25) is 9.59 Å². The summed E-state index contributed by atoms with van der Waals surface area (Å²) in [4.78, 5) is 38.0. The van der Waals surface area contributed by atoms with Crippen LogP contribution >= 0.6 is 0 Å². The zero-order valence-corrected chi connectivity index (χ0v) is 17.9. The van der Waals surface area contributed by atoms with Crippen molar-refractivity contribution in [2.75, 3.05) is 11.9 Å². The predicted molar refractivity (Wildman–Crippen MR) is 108 cm³/mol. The summed E-state index contributed by atoms with van der Waals surface area (Å²) in [5.74, 6) is 1.53. The van der Waals surface area contributed by atoms with Crippen molar-refractivity contribution in [2.45, 2.75) is 65.3 Å². The van der Waals surface area contributed by atoms with Crippen molar-refractivity contribution in [3.8, 4) is 0 Å². The Morgan fingerprint density at radius 1 is 1.17 bits per heavy atom. The third kappa shape index (κ3) is 4.23. The monoisotopic (exact) mass is 417 g/mol. The third-order valence-corrected chi connectivity index (χ3v) is 6.97. The van der Waals surface area contributed by atoms with E-state index in [1.165, 1.54) is 19.3 Å². The van der Waals surface area contributed by atoms with Crippen molar-refractivity contribution in [3.05, 3.63) is 11.8 Å². The van der Waals surface area contributed by atoms with E-state index in [4.69, 9.17) is 9.26 Å². The first-order valence-electron chi connectivity index (χ1n) is 10.9. The summed E-state index contributed by atoms with van der Waals surface area (Å²) < 4.78 is 10.1. The zero-order valence-electron chi connectivity index (χ0n) is 17.9. The van der Waals surface area contributed by atoms with Gasteiger partial charge in [0.25, 0.3) is 5.91 Å². The van der Waals surface area contributed by atoms with Crippen LogP contribution in [0.15, 0.2) is 10.6 Å². The van der Waals surface area contributed by atoms with Crippen LogP contribution in [0.25, 0.3) is 0 Å². The van der Waals surface area contributed by atoms with Gasteiger partial charge in [0.05, 0.1) is 0 Å². The zero-order chi connectivity index (χ0) is 21.5. The summed E-state index contributed by atoms with van der Waals surface area (Å²) in [6, 6.07) is 0.801. The summed E-state index contributed by atoms with van der Waals surface area (Å²) in [5, 5.41) is 9.16. The summed E-state index contributed by atoms with van der Waals surface area (Å²) in [7, 11) is 0. The van der Waals surface area contributed by atoms with E-state index in [2.05, 4.69) is 15.8 Å². The smallest absolute Gasteiger partial charge is 0.329 e. The highest BCUT2D eigenvalue weighted by molar-refractivity contribution is 5.93. The number of nitrogens with one attached hydrogen (secondary N) is 2. The standard InChI is InChI=1S/C22H31N3O5/c1-12(2)19(20(27)29-11-18(26)23-17-4-13(3)30-25-17)24-21(28)22-8-14-5-15(9-22)7-16(6-14)10-22/h4,12,14-16,19H,5-11H2,1-3H3,(H,24,28)(H,23,25,26)/t14?,15?,16?,19-,22?/m0/s1. The number of aromatic nitrogens is 1. The molecule has 8 nitrogen and oxygen atoms in total. The molecular weight excluding hydrogens is 386 g/mol. The molecule has 4 fully saturated rings. The molecule has 0 unspecified atom stereocenters. The normalized spacial score (nSPS) is 30.2. The van der Waals surface area contributed by atoms with E-state index >= 15 is 0 Å². The highest BCUT2D eigenvalue weighted by atomic mass is 16.5. The Morgan fingerprint density at radius 2 is 1.77 bits per heavy atom. The van der Waals surface area contributed by atoms with Crippen LogP contribution in [0.2, 0.25) is 0 Å². The highest BCUT2D eigenvalue weighted by Crippen LogP contribution is 2.60. The fraction of sp³-hybridized carbons (Fsp3) is 0.727. The Balaban J connectivity index is 1.33. The van der Waals surface area contributed by atoms with E-state index in [1.807, 2.05) is 13.8 Å². The molecule has 4 aliphatic rings. The number of aryl methyl sites for hydroxylation is 1. The molecule has 1 atom stereocenters. The Hall–Kier alpha value is -2.38. The molecule has 0 radical (unpaired) electrons. The lowest BCUT2D eigenvalue weighted by Crippen LogP contribution is -2.57. The van der Waals surface area contributed by atoms with E-state index in [0.717, 1.165) is 19.3 Å². The van der Waals surface area contributed by atoms with Gasteiger partial charge in [0.15, 0.2) is 12.4 Å². The quantitative estimate of drug-likeness (QED) is 0.660. The van der Waals surface area contributed by atoms with Crippen LogP contribution in [-0.4, -0.2) is 35.6 Å². The molecule has 4 saturated carbocycles. The molecule has 4 bridgehead atoms. The largest absolute Gasteiger partial charge is 0.454 e. The number of carbonyl (C=O) groups excluding carboxylic acids is 3. The van der Waals surface area contributed by atoms with Crippen LogP contribution in [0.3, 0.4) is 0 Å². The van der Waals surface area contributed by atoms with Gasteiger partial charge in [-0.2, -0.15) is 0 Å². The number of rotatable bonds is 7. The maximum Gasteiger partial charge on any atom is 0.329 e. The number of ether oxygens (including phenoxy) is 1. The van der Waals surface area contributed by atoms with E-state index in [9.17, 15) is 14.4 Å². The summed E-state index contributed by atoms with van der Waals surface area (Å²) in [6.45, 7) is 5.00. The van der Waals surface area contributed by atoms with Crippen molar-refractivity contribution in [3.63, 3.8) is 0 Å². The van der Waals surface area contributed by atoms with Crippen molar-refractivity contribution in [1.82, 2.24) is 10.5 Å². The lowest BCUT2D eigenvalue weighted by Gasteiger charge is -2.55. The second-order valence-corrected chi connectivity index (χ2v) is 9.87. The van der Waals surface area contributed by atoms with Crippen LogP contribution in [0, 0.1) is 36.0 Å². The number of esters is 1. The van der Waals surface area contributed by atoms with Gasteiger partial charge in [-0.1, -0.05) is 19.0 Å². The lowest BCUT2D eigenvalue weighted by atomic mass is 9.49. The van der Waals surface area contributed by atoms with Gasteiger partial charge in [-0.25, -0.2) is 4.79 Å². The Morgan fingerprint density at radius 3 is 2.27 bits per heavy atom. The molecular formula is C22H31N3O5. The molecule has 0 spiro atoms. The molecule has 1 aromatic heterocycles. The number of nitrogens with zero attached hydrogens (tertiary/aromatic N) is 1.